The monoisotopic (exact) mass is 422 g/mol. The summed E-state index contributed by atoms with van der Waals surface area (Å²) in [6.45, 7) is 28.7. The van der Waals surface area contributed by atoms with E-state index in [0.29, 0.717) is 6.23 Å². The maximum Gasteiger partial charge on any atom is 0.331 e. The number of rotatable bonds is 9. The van der Waals surface area contributed by atoms with Crippen LogP contribution < -0.4 is 0 Å². The lowest BCUT2D eigenvalue weighted by molar-refractivity contribution is -0.136. The Morgan fingerprint density at radius 2 is 1.21 bits per heavy atom. The molecular weight excluding hydrogens is 385 g/mol. The molecule has 142 valence electrons. The molecule has 0 atom stereocenters. The molecule has 0 heterocycles. The zero-order valence-electron chi connectivity index (χ0n) is 17.6. The van der Waals surface area contributed by atoms with Crippen LogP contribution in [0.3, 0.4) is 0 Å². The first kappa shape index (κ1) is 24.2. The Morgan fingerprint density at radius 1 is 0.833 bits per heavy atom. The molecule has 9 heteroatoms. The lowest BCUT2D eigenvalue weighted by Crippen LogP contribution is -2.79. The van der Waals surface area contributed by atoms with E-state index in [1.54, 1.807) is 0 Å². The maximum atomic E-state index is 11.8. The summed E-state index contributed by atoms with van der Waals surface area (Å²) < 4.78 is 19.3. The number of hydrogen-bond acceptors (Lipinski definition) is 4. The fourth-order valence-electron chi connectivity index (χ4n) is 2.30. The van der Waals surface area contributed by atoms with Crippen molar-refractivity contribution in [2.75, 3.05) is 6.23 Å². The van der Waals surface area contributed by atoms with E-state index < -0.39 is 39.4 Å². The van der Waals surface area contributed by atoms with Crippen molar-refractivity contribution in [3.05, 3.63) is 12.7 Å². The number of ether oxygens (including phenoxy) is 1. The van der Waals surface area contributed by atoms with Gasteiger partial charge < -0.3 is 13.0 Å². The van der Waals surface area contributed by atoms with Crippen LogP contribution >= 0.6 is 0 Å². The van der Waals surface area contributed by atoms with Gasteiger partial charge in [0.15, 0.2) is 16.6 Å². The van der Waals surface area contributed by atoms with E-state index in [0.717, 1.165) is 0 Å². The van der Waals surface area contributed by atoms with Gasteiger partial charge in [-0.05, 0) is 39.3 Å². The topological polar surface area (TPSA) is 44.8 Å². The van der Waals surface area contributed by atoms with Gasteiger partial charge in [0.05, 0.1) is 0 Å². The zero-order valence-corrected chi connectivity index (χ0v) is 22.6. The van der Waals surface area contributed by atoms with E-state index in [1.807, 2.05) is 0 Å². The molecule has 0 aliphatic heterocycles. The molecule has 0 aliphatic carbocycles. The molecule has 0 spiro atoms. The average Bonchev–Trinajstić information content (AvgIpc) is 2.30. The van der Waals surface area contributed by atoms with E-state index in [2.05, 4.69) is 78.6 Å². The lowest BCUT2D eigenvalue weighted by atomic mass is 10.7. The Hall–Kier alpha value is 0.214. The fourth-order valence-corrected chi connectivity index (χ4v) is 43.6. The molecule has 4 nitrogen and oxygen atoms in total. The molecule has 0 N–H and O–H groups in total. The van der Waals surface area contributed by atoms with Gasteiger partial charge in [-0.3, -0.25) is 0 Å². The minimum atomic E-state index is -2.68. The minimum Gasteiger partial charge on any atom is -0.461 e. The summed E-state index contributed by atoms with van der Waals surface area (Å²) >= 11 is 0. The number of esters is 1. The first-order valence-corrected chi connectivity index (χ1v) is 25.9. The quantitative estimate of drug-likeness (QED) is 0.309. The number of hydrogen-bond donors (Lipinski definition) is 0. The van der Waals surface area contributed by atoms with Crippen LogP contribution in [0, 0.1) is 0 Å². The van der Waals surface area contributed by atoms with Gasteiger partial charge in [0.25, 0.3) is 0 Å². The van der Waals surface area contributed by atoms with Crippen LogP contribution in [-0.4, -0.2) is 51.6 Å². The second kappa shape index (κ2) is 7.84. The molecule has 0 aromatic carbocycles. The average molecular weight is 423 g/mol. The van der Waals surface area contributed by atoms with Crippen molar-refractivity contribution in [3.63, 3.8) is 0 Å². The first-order chi connectivity index (χ1) is 10.4. The van der Waals surface area contributed by atoms with Crippen LogP contribution in [-0.2, 0) is 17.8 Å². The smallest absolute Gasteiger partial charge is 0.331 e. The van der Waals surface area contributed by atoms with Crippen LogP contribution in [0.4, 0.5) is 0 Å². The Morgan fingerprint density at radius 3 is 1.46 bits per heavy atom. The Bertz CT molecular complexity index is 442. The van der Waals surface area contributed by atoms with Crippen LogP contribution in [0.2, 0.25) is 72.0 Å². The number of carbonyl (C=O) groups is 1. The van der Waals surface area contributed by atoms with Crippen LogP contribution in [0.15, 0.2) is 12.7 Å². The molecule has 0 bridgehead atoms. The standard InChI is InChI=1S/C15H38O4Si5/c1-13-15(16)17-14-24(18-20(2,3)4,19-21(5,6)7)23(11,12)22(8,9)10/h13H,1,14H2,2-12H3. The van der Waals surface area contributed by atoms with Gasteiger partial charge in [0.1, 0.15) is 13.3 Å². The van der Waals surface area contributed by atoms with Gasteiger partial charge in [-0.25, -0.2) is 4.79 Å². The van der Waals surface area contributed by atoms with E-state index in [4.69, 9.17) is 13.0 Å². The fraction of sp³-hybridized carbons (Fsp3) is 0.800. The van der Waals surface area contributed by atoms with Gasteiger partial charge in [0, 0.05) is 13.7 Å². The first-order valence-electron chi connectivity index (χ1n) is 8.56. The molecule has 0 unspecified atom stereocenters. The Kier molecular flexibility index (Phi) is 7.91. The molecule has 0 amide bonds. The molecule has 0 aromatic rings. The second-order valence-electron chi connectivity index (χ2n) is 9.87. The Balaban J connectivity index is 6.21. The normalized spacial score (nSPS) is 14.5. The van der Waals surface area contributed by atoms with Crippen molar-refractivity contribution < 1.29 is 17.8 Å². The summed E-state index contributed by atoms with van der Waals surface area (Å²) in [7, 11) is -9.82. The van der Waals surface area contributed by atoms with Crippen molar-refractivity contribution in [3.8, 4) is 0 Å². The third kappa shape index (κ3) is 6.85. The lowest BCUT2D eigenvalue weighted by Gasteiger charge is -2.52. The summed E-state index contributed by atoms with van der Waals surface area (Å²) in [4.78, 5) is 11.8. The predicted molar refractivity (Wildman–Crippen MR) is 117 cm³/mol. The van der Waals surface area contributed by atoms with Gasteiger partial charge in [-0.1, -0.05) is 39.3 Å². The molecule has 0 aromatic heterocycles. The molecule has 0 radical (unpaired) electrons. The third-order valence-corrected chi connectivity index (χ3v) is 47.5. The van der Waals surface area contributed by atoms with E-state index in [-0.39, 0.29) is 5.97 Å². The molecule has 0 rings (SSSR count). The van der Waals surface area contributed by atoms with E-state index in [9.17, 15) is 4.79 Å². The third-order valence-electron chi connectivity index (χ3n) is 4.34. The minimum absolute atomic E-state index is 0.301. The highest BCUT2D eigenvalue weighted by atomic mass is 29.7. The molecule has 0 fully saturated rings. The molecule has 0 saturated heterocycles. The van der Waals surface area contributed by atoms with Gasteiger partial charge in [-0.2, -0.15) is 0 Å². The van der Waals surface area contributed by atoms with Crippen molar-refractivity contribution in [2.45, 2.75) is 72.0 Å². The van der Waals surface area contributed by atoms with Crippen molar-refractivity contribution in [2.24, 2.45) is 0 Å². The molecule has 24 heavy (non-hydrogen) atoms. The van der Waals surface area contributed by atoms with Gasteiger partial charge in [-0.15, -0.1) is 0 Å². The Labute approximate surface area is 154 Å². The molecular formula is C15H38O4Si5. The summed E-state index contributed by atoms with van der Waals surface area (Å²) in [5.41, 5.74) is 0. The number of carbonyl (C=O) groups excluding carboxylic acids is 1. The summed E-state index contributed by atoms with van der Waals surface area (Å²) in [6, 6.07) is 0. The van der Waals surface area contributed by atoms with Crippen molar-refractivity contribution in [1.82, 2.24) is 0 Å². The zero-order chi connectivity index (χ0) is 19.6. The highest BCUT2D eigenvalue weighted by molar-refractivity contribution is 7.67. The van der Waals surface area contributed by atoms with E-state index >= 15 is 0 Å². The highest BCUT2D eigenvalue weighted by Crippen LogP contribution is 2.35. The largest absolute Gasteiger partial charge is 0.461 e. The van der Waals surface area contributed by atoms with Crippen LogP contribution in [0.1, 0.15) is 0 Å². The summed E-state index contributed by atoms with van der Waals surface area (Å²) in [6.07, 6.45) is 1.53. The SMILES string of the molecule is C=CC(=O)OC[Si](O[Si](C)(C)C)(O[Si](C)(C)C)[Si](C)(C)[Si](C)(C)C. The van der Waals surface area contributed by atoms with Crippen LogP contribution in [0.25, 0.3) is 0 Å². The van der Waals surface area contributed by atoms with Crippen molar-refractivity contribution >= 4 is 45.4 Å². The predicted octanol–water partition coefficient (Wildman–Crippen LogP) is 4.60. The molecule has 0 aliphatic rings. The summed E-state index contributed by atoms with van der Waals surface area (Å²) in [5.74, 6) is -0.384. The summed E-state index contributed by atoms with van der Waals surface area (Å²) in [5, 5.41) is 0. The van der Waals surface area contributed by atoms with E-state index in [1.165, 1.54) is 6.08 Å². The maximum absolute atomic E-state index is 11.8. The van der Waals surface area contributed by atoms with Gasteiger partial charge >= 0.3 is 14.0 Å². The highest BCUT2D eigenvalue weighted by Gasteiger charge is 2.62. The van der Waals surface area contributed by atoms with Crippen molar-refractivity contribution in [1.29, 1.82) is 0 Å². The van der Waals surface area contributed by atoms with Crippen LogP contribution in [0.5, 0.6) is 0 Å². The second-order valence-corrected chi connectivity index (χ2v) is 45.3. The van der Waals surface area contributed by atoms with Gasteiger partial charge in [0.2, 0.25) is 0 Å². The molecule has 0 saturated carbocycles.